The number of carboxylic acids is 1. The summed E-state index contributed by atoms with van der Waals surface area (Å²) in [6.07, 6.45) is 0.0461. The molecule has 0 radical (unpaired) electrons. The van der Waals surface area contributed by atoms with Crippen LogP contribution in [0.4, 0.5) is 0 Å². The van der Waals surface area contributed by atoms with Gasteiger partial charge in [-0.05, 0) is 41.0 Å². The Kier molecular flexibility index (Phi) is 7.50. The molecule has 11 heteroatoms. The first-order chi connectivity index (χ1) is 16.8. The minimum Gasteiger partial charge on any atom is -0.479 e. The van der Waals surface area contributed by atoms with Crippen LogP contribution in [0.1, 0.15) is 12.5 Å². The first-order valence-electron chi connectivity index (χ1n) is 10.6. The molecule has 2 heterocycles. The number of hydrogen-bond acceptors (Lipinski definition) is 8. The lowest BCUT2D eigenvalue weighted by Gasteiger charge is -2.55. The van der Waals surface area contributed by atoms with Crippen LogP contribution in [0.15, 0.2) is 71.1 Å². The quantitative estimate of drug-likeness (QED) is 0.176. The van der Waals surface area contributed by atoms with Gasteiger partial charge < -0.3 is 20.1 Å². The summed E-state index contributed by atoms with van der Waals surface area (Å²) in [5, 5.41) is 11.7. The van der Waals surface area contributed by atoms with Gasteiger partial charge in [-0.2, -0.15) is 0 Å². The Morgan fingerprint density at radius 3 is 2.57 bits per heavy atom. The second-order valence-corrected chi connectivity index (χ2v) is 11.5. The van der Waals surface area contributed by atoms with E-state index in [0.717, 1.165) is 20.1 Å². The molecule has 4 rings (SSSR count). The van der Waals surface area contributed by atoms with Gasteiger partial charge in [-0.25, -0.2) is 9.78 Å². The minimum atomic E-state index is -1.72. The number of aromatic nitrogens is 1. The summed E-state index contributed by atoms with van der Waals surface area (Å²) in [7, 11) is 3.84. The average molecular weight is 530 g/mol. The van der Waals surface area contributed by atoms with Crippen molar-refractivity contribution in [2.45, 2.75) is 34.8 Å². The van der Waals surface area contributed by atoms with Crippen LogP contribution < -0.4 is 5.32 Å². The second kappa shape index (κ2) is 10.4. The third-order valence-electron chi connectivity index (χ3n) is 5.47. The number of nitrogens with zero attached hydrogens (tertiary/aromatic N) is 2. The molecule has 1 aliphatic rings. The Hall–Kier alpha value is -2.86. The van der Waals surface area contributed by atoms with E-state index in [1.54, 1.807) is 6.92 Å². The molecule has 0 aliphatic carbocycles. The third-order valence-corrected chi connectivity index (χ3v) is 9.50. The van der Waals surface area contributed by atoms with Gasteiger partial charge in [0.25, 0.3) is 11.6 Å². The van der Waals surface area contributed by atoms with Crippen molar-refractivity contribution in [3.8, 4) is 0 Å². The van der Waals surface area contributed by atoms with E-state index in [-0.39, 0.29) is 6.42 Å². The van der Waals surface area contributed by atoms with Crippen molar-refractivity contribution in [1.82, 2.24) is 15.2 Å². The van der Waals surface area contributed by atoms with Crippen LogP contribution in [0.25, 0.3) is 10.2 Å². The van der Waals surface area contributed by atoms with Crippen LogP contribution in [-0.2, 0) is 25.5 Å². The summed E-state index contributed by atoms with van der Waals surface area (Å²) in [5.74, 6) is -2.26. The Labute approximate surface area is 214 Å². The van der Waals surface area contributed by atoms with Crippen LogP contribution >= 0.6 is 32.9 Å². The van der Waals surface area contributed by atoms with E-state index in [0.29, 0.717) is 5.57 Å². The molecule has 2 N–H and O–H groups in total. The summed E-state index contributed by atoms with van der Waals surface area (Å²) >= 11 is 1.49. The average Bonchev–Trinajstić information content (AvgIpc) is 3.25. The van der Waals surface area contributed by atoms with Crippen LogP contribution in [0, 0.1) is 0 Å². The first-order valence-corrected chi connectivity index (χ1v) is 13.6. The number of aliphatic carboxylic acids is 1. The fourth-order valence-electron chi connectivity index (χ4n) is 3.83. The van der Waals surface area contributed by atoms with Gasteiger partial charge in [-0.1, -0.05) is 59.8 Å². The Morgan fingerprint density at radius 2 is 1.94 bits per heavy atom. The molecule has 1 aliphatic heterocycles. The van der Waals surface area contributed by atoms with E-state index in [1.165, 1.54) is 44.9 Å². The predicted octanol–water partition coefficient (Wildman–Crippen LogP) is 3.94. The predicted molar refractivity (Wildman–Crippen MR) is 138 cm³/mol. The van der Waals surface area contributed by atoms with Gasteiger partial charge in [0.1, 0.15) is 5.37 Å². The number of para-hydroxylation sites is 1. The molecule has 0 spiro atoms. The number of benzene rings is 2. The van der Waals surface area contributed by atoms with E-state index < -0.39 is 34.9 Å². The summed E-state index contributed by atoms with van der Waals surface area (Å²) in [4.78, 5) is 44.0. The number of carbonyl (C=O) groups excluding carboxylic acids is 2. The highest BCUT2D eigenvalue weighted by Crippen LogP contribution is 2.49. The molecule has 1 aromatic heterocycles. The summed E-state index contributed by atoms with van der Waals surface area (Å²) in [6, 6.07) is 15.6. The molecule has 8 nitrogen and oxygen atoms in total. The third kappa shape index (κ3) is 4.94. The van der Waals surface area contributed by atoms with Crippen LogP contribution in [0.2, 0.25) is 0 Å². The molecule has 3 atom stereocenters. The lowest BCUT2D eigenvalue weighted by atomic mass is 9.95. The van der Waals surface area contributed by atoms with Gasteiger partial charge in [0.2, 0.25) is 5.91 Å². The zero-order valence-electron chi connectivity index (χ0n) is 19.0. The monoisotopic (exact) mass is 529 g/mol. The summed E-state index contributed by atoms with van der Waals surface area (Å²) < 4.78 is 7.34. The first kappa shape index (κ1) is 25.2. The number of amides is 2. The van der Waals surface area contributed by atoms with Gasteiger partial charge in [0.05, 0.1) is 16.6 Å². The number of methoxy groups -OCH3 is 1. The Balaban J connectivity index is 1.60. The Bertz CT molecular complexity index is 1230. The lowest BCUT2D eigenvalue weighted by molar-refractivity contribution is -0.201. The number of hydrogen-bond donors (Lipinski definition) is 2. The van der Waals surface area contributed by atoms with Gasteiger partial charge in [-0.3, -0.25) is 9.59 Å². The highest BCUT2D eigenvalue weighted by atomic mass is 33.1. The molecule has 182 valence electrons. The van der Waals surface area contributed by atoms with Crippen LogP contribution in [0.3, 0.4) is 0 Å². The number of ether oxygens (including phenoxy) is 1. The maximum Gasteiger partial charge on any atom is 0.330 e. The zero-order valence-corrected chi connectivity index (χ0v) is 21.4. The van der Waals surface area contributed by atoms with Gasteiger partial charge in [-0.15, -0.1) is 11.3 Å². The largest absolute Gasteiger partial charge is 0.479 e. The number of carbonyl (C=O) groups is 3. The number of fused-ring (bicyclic) bond motifs is 1. The molecular weight excluding hydrogens is 506 g/mol. The van der Waals surface area contributed by atoms with E-state index in [1.807, 2.05) is 54.6 Å². The van der Waals surface area contributed by atoms with Crippen molar-refractivity contribution in [2.24, 2.45) is 0 Å². The minimum absolute atomic E-state index is 0.0461. The van der Waals surface area contributed by atoms with Gasteiger partial charge in [0, 0.05) is 7.11 Å². The highest BCUT2D eigenvalue weighted by Gasteiger charge is 2.66. The molecule has 0 bridgehead atoms. The zero-order chi connectivity index (χ0) is 25.2. The fraction of sp³-hybridized carbons (Fsp3) is 0.250. The Morgan fingerprint density at radius 1 is 1.26 bits per heavy atom. The number of nitrogens with one attached hydrogen (secondary N) is 1. The van der Waals surface area contributed by atoms with E-state index in [2.05, 4.69) is 16.9 Å². The van der Waals surface area contributed by atoms with Crippen LogP contribution in [0.5, 0.6) is 0 Å². The molecule has 3 unspecified atom stereocenters. The lowest BCUT2D eigenvalue weighted by Crippen LogP contribution is -2.82. The number of carboxylic acid groups (broad SMARTS) is 1. The second-order valence-electron chi connectivity index (χ2n) is 7.93. The van der Waals surface area contributed by atoms with Crippen molar-refractivity contribution in [1.29, 1.82) is 0 Å². The molecule has 3 aromatic rings. The molecule has 0 saturated carbocycles. The smallest absolute Gasteiger partial charge is 0.330 e. The molecule has 1 fully saturated rings. The summed E-state index contributed by atoms with van der Waals surface area (Å²) in [5.41, 5.74) is 0.199. The summed E-state index contributed by atoms with van der Waals surface area (Å²) in [6.45, 7) is 5.31. The fourth-order valence-corrected chi connectivity index (χ4v) is 7.92. The van der Waals surface area contributed by atoms with Crippen molar-refractivity contribution < 1.29 is 24.2 Å². The van der Waals surface area contributed by atoms with E-state index in [4.69, 9.17) is 4.74 Å². The SMILES string of the molecule is C=C(C)C(C(=O)O)N1C(=O)C(NC(=O)Cc2ccccc2)(OC)C1SSc1nc2ccccc2s1. The number of likely N-dealkylation sites (tertiary alicyclic amines) is 1. The molecular formula is C24H23N3O5S3. The maximum atomic E-state index is 13.4. The molecule has 1 saturated heterocycles. The van der Waals surface area contributed by atoms with Crippen molar-refractivity contribution >= 4 is 60.9 Å². The topological polar surface area (TPSA) is 109 Å². The van der Waals surface area contributed by atoms with Crippen LogP contribution in [-0.4, -0.2) is 57.0 Å². The normalized spacial score (nSPS) is 20.3. The van der Waals surface area contributed by atoms with Crippen molar-refractivity contribution in [2.75, 3.05) is 7.11 Å². The highest BCUT2D eigenvalue weighted by molar-refractivity contribution is 8.77. The van der Waals surface area contributed by atoms with E-state index in [9.17, 15) is 19.5 Å². The molecule has 2 amide bonds. The molecule has 35 heavy (non-hydrogen) atoms. The van der Waals surface area contributed by atoms with Gasteiger partial charge >= 0.3 is 5.97 Å². The molecule has 2 aromatic carbocycles. The number of β-lactam (4-membered cyclic amide) rings is 1. The van der Waals surface area contributed by atoms with E-state index >= 15 is 0 Å². The maximum absolute atomic E-state index is 13.4. The number of rotatable bonds is 10. The van der Waals surface area contributed by atoms with Crippen molar-refractivity contribution in [3.05, 3.63) is 72.3 Å². The van der Waals surface area contributed by atoms with Crippen molar-refractivity contribution in [3.63, 3.8) is 0 Å². The van der Waals surface area contributed by atoms with Gasteiger partial charge in [0.15, 0.2) is 10.4 Å². The number of thiazole rings is 1. The standard InChI is InChI=1S/C24H23N3O5S3/c1-14(2)19(20(29)30)27-21(31)24(32-3,26-18(28)13-15-9-5-4-6-10-15)22(27)34-35-23-25-16-11-7-8-12-17(16)33-23/h4-12,19,22H,1,13H2,2-3H3,(H,26,28)(H,29,30).